The van der Waals surface area contributed by atoms with Crippen LogP contribution in [-0.2, 0) is 17.8 Å². The predicted molar refractivity (Wildman–Crippen MR) is 159 cm³/mol. The van der Waals surface area contributed by atoms with Crippen LogP contribution in [0, 0.1) is 10.8 Å². The summed E-state index contributed by atoms with van der Waals surface area (Å²) in [6, 6.07) is 15.6. The predicted octanol–water partition coefficient (Wildman–Crippen LogP) is 7.46. The lowest BCUT2D eigenvalue weighted by molar-refractivity contribution is -0.149. The third-order valence-electron chi connectivity index (χ3n) is 7.68. The highest BCUT2D eigenvalue weighted by Gasteiger charge is 2.41. The standard InChI is InChI=1S/C33H35ClN2O5/c1-6-33(7-2,31(39)40)19-25-27(30(38)32(3,4)5)26-18-24(41-20-23-10-8-9-16-35-23)15-17-36(26)28(25)29(37)21-11-13-22(34)14-12-21/h8-18H,6-7,19-20H2,1-5H3,(H,39,40). The number of Topliss-reactive ketones (excluding diaryl/α,β-unsaturated/α-hetero) is 1. The van der Waals surface area contributed by atoms with E-state index in [-0.39, 0.29) is 30.3 Å². The van der Waals surface area contributed by atoms with Crippen LogP contribution in [0.15, 0.2) is 67.0 Å². The number of aromatic nitrogens is 2. The topological polar surface area (TPSA) is 98.0 Å². The lowest BCUT2D eigenvalue weighted by Gasteiger charge is -2.28. The molecule has 0 saturated carbocycles. The molecule has 3 heterocycles. The van der Waals surface area contributed by atoms with Gasteiger partial charge in [0, 0.05) is 40.0 Å². The van der Waals surface area contributed by atoms with E-state index in [1.54, 1.807) is 53.2 Å². The summed E-state index contributed by atoms with van der Waals surface area (Å²) < 4.78 is 7.72. The van der Waals surface area contributed by atoms with E-state index in [0.717, 1.165) is 5.69 Å². The second-order valence-electron chi connectivity index (χ2n) is 11.3. The maximum Gasteiger partial charge on any atom is 0.309 e. The number of fused-ring (bicyclic) bond motifs is 1. The van der Waals surface area contributed by atoms with Crippen molar-refractivity contribution in [3.8, 4) is 5.75 Å². The largest absolute Gasteiger partial charge is 0.487 e. The number of ketones is 2. The first-order chi connectivity index (χ1) is 19.4. The number of carbonyl (C=O) groups excluding carboxylic acids is 2. The molecule has 1 aromatic carbocycles. The van der Waals surface area contributed by atoms with Crippen LogP contribution in [0.25, 0.3) is 5.52 Å². The molecule has 4 aromatic rings. The molecule has 0 radical (unpaired) electrons. The van der Waals surface area contributed by atoms with Gasteiger partial charge in [0.05, 0.1) is 22.3 Å². The highest BCUT2D eigenvalue weighted by molar-refractivity contribution is 6.30. The van der Waals surface area contributed by atoms with Crippen LogP contribution < -0.4 is 4.74 Å². The molecule has 3 aromatic heterocycles. The Balaban J connectivity index is 2.00. The summed E-state index contributed by atoms with van der Waals surface area (Å²) in [6.07, 6.45) is 4.08. The van der Waals surface area contributed by atoms with Gasteiger partial charge in [0.2, 0.25) is 5.78 Å². The number of halogens is 1. The SMILES string of the molecule is CCC(CC)(Cc1c(C(=O)C(C)(C)C)c2cc(OCc3ccccn3)ccn2c1C(=O)c1ccc(Cl)cc1)C(=O)O. The molecule has 8 heteroatoms. The van der Waals surface area contributed by atoms with Crippen molar-refractivity contribution < 1.29 is 24.2 Å². The number of aliphatic carboxylic acids is 1. The fourth-order valence-corrected chi connectivity index (χ4v) is 5.14. The monoisotopic (exact) mass is 574 g/mol. The second kappa shape index (κ2) is 11.9. The average molecular weight is 575 g/mol. The highest BCUT2D eigenvalue weighted by atomic mass is 35.5. The maximum absolute atomic E-state index is 14.1. The molecule has 0 aliphatic rings. The summed E-state index contributed by atoms with van der Waals surface area (Å²) in [6.45, 7) is 9.31. The number of hydrogen-bond donors (Lipinski definition) is 1. The zero-order valence-corrected chi connectivity index (χ0v) is 24.8. The molecule has 0 spiro atoms. The Bertz CT molecular complexity index is 1580. The van der Waals surface area contributed by atoms with E-state index < -0.39 is 16.8 Å². The van der Waals surface area contributed by atoms with E-state index in [2.05, 4.69) is 4.98 Å². The zero-order chi connectivity index (χ0) is 29.9. The summed E-state index contributed by atoms with van der Waals surface area (Å²) in [4.78, 5) is 45.2. The zero-order valence-electron chi connectivity index (χ0n) is 24.0. The number of benzene rings is 1. The normalized spacial score (nSPS) is 12.0. The van der Waals surface area contributed by atoms with Crippen molar-refractivity contribution in [2.75, 3.05) is 0 Å². The molecule has 1 N–H and O–H groups in total. The Hall–Kier alpha value is -3.97. The Morgan fingerprint density at radius 1 is 1.00 bits per heavy atom. The third kappa shape index (κ3) is 6.05. The number of carbonyl (C=O) groups is 3. The third-order valence-corrected chi connectivity index (χ3v) is 7.93. The van der Waals surface area contributed by atoms with E-state index in [0.29, 0.717) is 45.8 Å². The van der Waals surface area contributed by atoms with Crippen molar-refractivity contribution in [3.05, 3.63) is 100 Å². The quantitative estimate of drug-likeness (QED) is 0.187. The molecule has 214 valence electrons. The smallest absolute Gasteiger partial charge is 0.309 e. The first-order valence-corrected chi connectivity index (χ1v) is 14.1. The summed E-state index contributed by atoms with van der Waals surface area (Å²) in [5.74, 6) is -0.978. The number of carboxylic acids is 1. The first-order valence-electron chi connectivity index (χ1n) is 13.7. The molecule has 0 fully saturated rings. The van der Waals surface area contributed by atoms with Gasteiger partial charge in [0.25, 0.3) is 0 Å². The molecule has 7 nitrogen and oxygen atoms in total. The Kier molecular flexibility index (Phi) is 8.69. The molecule has 0 amide bonds. The van der Waals surface area contributed by atoms with Gasteiger partial charge < -0.3 is 14.2 Å². The minimum atomic E-state index is -1.16. The summed E-state index contributed by atoms with van der Waals surface area (Å²) >= 11 is 6.09. The summed E-state index contributed by atoms with van der Waals surface area (Å²) in [7, 11) is 0. The van der Waals surface area contributed by atoms with Gasteiger partial charge in [0.1, 0.15) is 12.4 Å². The van der Waals surface area contributed by atoms with Gasteiger partial charge >= 0.3 is 5.97 Å². The van der Waals surface area contributed by atoms with Gasteiger partial charge in [-0.25, -0.2) is 0 Å². The van der Waals surface area contributed by atoms with E-state index in [1.165, 1.54) is 0 Å². The summed E-state index contributed by atoms with van der Waals surface area (Å²) in [5.41, 5.74) is 0.682. The van der Waals surface area contributed by atoms with Crippen LogP contribution in [0.1, 0.15) is 85.1 Å². The highest BCUT2D eigenvalue weighted by Crippen LogP contribution is 2.40. The van der Waals surface area contributed by atoms with Crippen molar-refractivity contribution in [2.45, 2.75) is 60.5 Å². The van der Waals surface area contributed by atoms with E-state index in [9.17, 15) is 19.5 Å². The number of pyridine rings is 2. The van der Waals surface area contributed by atoms with Crippen molar-refractivity contribution in [1.29, 1.82) is 0 Å². The van der Waals surface area contributed by atoms with Crippen LogP contribution in [0.5, 0.6) is 5.75 Å². The van der Waals surface area contributed by atoms with E-state index in [1.807, 2.05) is 52.8 Å². The lowest BCUT2D eigenvalue weighted by atomic mass is 9.74. The lowest BCUT2D eigenvalue weighted by Crippen LogP contribution is -2.33. The van der Waals surface area contributed by atoms with Gasteiger partial charge in [-0.15, -0.1) is 0 Å². The Morgan fingerprint density at radius 3 is 2.24 bits per heavy atom. The molecule has 0 unspecified atom stereocenters. The van der Waals surface area contributed by atoms with Crippen LogP contribution in [0.3, 0.4) is 0 Å². The molecule has 0 atom stereocenters. The molecule has 0 saturated heterocycles. The number of hydrogen-bond acceptors (Lipinski definition) is 5. The molecular formula is C33H35ClN2O5. The van der Waals surface area contributed by atoms with Gasteiger partial charge in [-0.2, -0.15) is 0 Å². The van der Waals surface area contributed by atoms with Crippen molar-refractivity contribution in [2.24, 2.45) is 10.8 Å². The molecule has 0 aliphatic heterocycles. The van der Waals surface area contributed by atoms with Crippen molar-refractivity contribution >= 4 is 34.7 Å². The maximum atomic E-state index is 14.1. The van der Waals surface area contributed by atoms with Crippen LogP contribution >= 0.6 is 11.6 Å². The minimum Gasteiger partial charge on any atom is -0.487 e. The van der Waals surface area contributed by atoms with Gasteiger partial charge in [0.15, 0.2) is 5.78 Å². The number of ether oxygens (including phenoxy) is 1. The first kappa shape index (κ1) is 30.0. The molecule has 41 heavy (non-hydrogen) atoms. The summed E-state index contributed by atoms with van der Waals surface area (Å²) in [5, 5.41) is 10.8. The van der Waals surface area contributed by atoms with E-state index in [4.69, 9.17) is 16.3 Å². The molecular weight excluding hydrogens is 540 g/mol. The van der Waals surface area contributed by atoms with Gasteiger partial charge in [-0.1, -0.05) is 52.3 Å². The Morgan fingerprint density at radius 2 is 1.68 bits per heavy atom. The van der Waals surface area contributed by atoms with Crippen LogP contribution in [0.4, 0.5) is 0 Å². The Labute approximate surface area is 245 Å². The van der Waals surface area contributed by atoms with Crippen molar-refractivity contribution in [3.63, 3.8) is 0 Å². The van der Waals surface area contributed by atoms with Crippen molar-refractivity contribution in [1.82, 2.24) is 9.38 Å². The minimum absolute atomic E-state index is 0.0208. The van der Waals surface area contributed by atoms with Gasteiger partial charge in [-0.3, -0.25) is 19.4 Å². The number of carboxylic acid groups (broad SMARTS) is 1. The van der Waals surface area contributed by atoms with Gasteiger partial charge in [-0.05, 0) is 67.3 Å². The number of nitrogens with zero attached hydrogens (tertiary/aromatic N) is 2. The molecule has 0 aliphatic carbocycles. The van der Waals surface area contributed by atoms with Crippen LogP contribution in [-0.4, -0.2) is 32.0 Å². The number of rotatable bonds is 11. The fourth-order valence-electron chi connectivity index (χ4n) is 5.02. The second-order valence-corrected chi connectivity index (χ2v) is 11.8. The van der Waals surface area contributed by atoms with E-state index >= 15 is 0 Å². The molecule has 0 bridgehead atoms. The fraction of sp³-hybridized carbons (Fsp3) is 0.333. The van der Waals surface area contributed by atoms with Crippen LogP contribution in [0.2, 0.25) is 5.02 Å². The average Bonchev–Trinajstić information content (AvgIpc) is 3.26. The molecule has 4 rings (SSSR count).